The molecular weight excluding hydrogens is 246 g/mol. The molecule has 0 saturated heterocycles. The number of benzene rings is 1. The number of carbonyl (C=O) groups excluding carboxylic acids is 1. The molecule has 1 atom stereocenters. The zero-order valence-electron chi connectivity index (χ0n) is 10.0. The van der Waals surface area contributed by atoms with Crippen LogP contribution in [0.15, 0.2) is 29.2 Å². The fraction of sp³-hybridized carbons (Fsp3) is 0.231. The van der Waals surface area contributed by atoms with Gasteiger partial charge in [-0.3, -0.25) is 14.4 Å². The van der Waals surface area contributed by atoms with Gasteiger partial charge in [-0.25, -0.2) is 0 Å². The Kier molecular flexibility index (Phi) is 1.80. The second kappa shape index (κ2) is 3.17. The molecule has 0 spiro atoms. The molecule has 18 heavy (non-hydrogen) atoms. The van der Waals surface area contributed by atoms with Crippen LogP contribution in [0.25, 0.3) is 0 Å². The number of amides is 1. The molecule has 0 saturated carbocycles. The molecule has 1 unspecified atom stereocenters. The first-order valence-electron chi connectivity index (χ1n) is 5.81. The van der Waals surface area contributed by atoms with Crippen molar-refractivity contribution in [2.24, 2.45) is 7.05 Å². The summed E-state index contributed by atoms with van der Waals surface area (Å²) in [6.07, 6.45) is 0. The molecule has 4 nitrogen and oxygen atoms in total. The molecule has 1 amide bonds. The second-order valence-corrected chi connectivity index (χ2v) is 5.71. The van der Waals surface area contributed by atoms with E-state index in [-0.39, 0.29) is 11.3 Å². The lowest BCUT2D eigenvalue weighted by atomic mass is 10.2. The number of nitrogens with zero attached hydrogens (tertiary/aromatic N) is 3. The maximum absolute atomic E-state index is 12.4. The summed E-state index contributed by atoms with van der Waals surface area (Å²) < 4.78 is 1.80. The number of thioether (sulfide) groups is 1. The van der Waals surface area contributed by atoms with Gasteiger partial charge in [0.1, 0.15) is 5.37 Å². The highest BCUT2D eigenvalue weighted by Gasteiger charge is 2.47. The van der Waals surface area contributed by atoms with Gasteiger partial charge in [0.15, 0.2) is 5.69 Å². The maximum atomic E-state index is 12.4. The van der Waals surface area contributed by atoms with Crippen LogP contribution in [0.1, 0.15) is 27.1 Å². The Bertz CT molecular complexity index is 692. The van der Waals surface area contributed by atoms with Crippen molar-refractivity contribution in [3.05, 3.63) is 41.2 Å². The number of carbonyl (C=O) groups is 1. The molecule has 0 aliphatic carbocycles. The summed E-state index contributed by atoms with van der Waals surface area (Å²) in [7, 11) is 1.89. The van der Waals surface area contributed by atoms with Gasteiger partial charge >= 0.3 is 0 Å². The van der Waals surface area contributed by atoms with Crippen molar-refractivity contribution in [2.75, 3.05) is 4.90 Å². The number of aryl methyl sites for hydroxylation is 1. The Morgan fingerprint density at radius 1 is 1.33 bits per heavy atom. The van der Waals surface area contributed by atoms with Crippen molar-refractivity contribution in [2.45, 2.75) is 17.2 Å². The first-order valence-corrected chi connectivity index (χ1v) is 6.69. The number of fused-ring (bicyclic) bond motifs is 5. The Morgan fingerprint density at radius 2 is 2.11 bits per heavy atom. The minimum atomic E-state index is 0.0242. The molecule has 90 valence electrons. The third kappa shape index (κ3) is 1.03. The standard InChI is InChI=1S/C13H11N3OS/c1-7-10-11(14-15(7)2)12(17)16-8-5-3-4-6-9(8)18-13(10)16/h3-6,13H,1-2H3. The fourth-order valence-electron chi connectivity index (χ4n) is 2.65. The van der Waals surface area contributed by atoms with Gasteiger partial charge in [0.05, 0.1) is 5.69 Å². The maximum Gasteiger partial charge on any atom is 0.280 e. The van der Waals surface area contributed by atoms with E-state index in [1.54, 1.807) is 16.4 Å². The average molecular weight is 257 g/mol. The van der Waals surface area contributed by atoms with Crippen LogP contribution in [0.5, 0.6) is 0 Å². The summed E-state index contributed by atoms with van der Waals surface area (Å²) in [5.41, 5.74) is 3.77. The second-order valence-electron chi connectivity index (χ2n) is 4.58. The highest BCUT2D eigenvalue weighted by atomic mass is 32.2. The molecule has 4 rings (SSSR count). The van der Waals surface area contributed by atoms with Crippen LogP contribution < -0.4 is 4.90 Å². The topological polar surface area (TPSA) is 38.1 Å². The van der Waals surface area contributed by atoms with E-state index in [1.807, 2.05) is 37.1 Å². The highest BCUT2D eigenvalue weighted by molar-refractivity contribution is 8.00. The summed E-state index contributed by atoms with van der Waals surface area (Å²) in [6.45, 7) is 2.02. The van der Waals surface area contributed by atoms with E-state index < -0.39 is 0 Å². The zero-order valence-corrected chi connectivity index (χ0v) is 10.9. The monoisotopic (exact) mass is 257 g/mol. The number of rotatable bonds is 0. The Hall–Kier alpha value is -1.75. The summed E-state index contributed by atoms with van der Waals surface area (Å²) in [4.78, 5) is 15.5. The molecule has 0 bridgehead atoms. The van der Waals surface area contributed by atoms with Gasteiger partial charge in [-0.2, -0.15) is 5.10 Å². The lowest BCUT2D eigenvalue weighted by Crippen LogP contribution is -2.24. The summed E-state index contributed by atoms with van der Waals surface area (Å²) in [5.74, 6) is 0.0242. The molecule has 2 aromatic rings. The first-order chi connectivity index (χ1) is 8.68. The first kappa shape index (κ1) is 10.2. The number of hydrogen-bond acceptors (Lipinski definition) is 3. The van der Waals surface area contributed by atoms with Gasteiger partial charge < -0.3 is 0 Å². The lowest BCUT2D eigenvalue weighted by Gasteiger charge is -2.16. The van der Waals surface area contributed by atoms with E-state index in [4.69, 9.17) is 0 Å². The third-order valence-corrected chi connectivity index (χ3v) is 4.92. The Balaban J connectivity index is 1.94. The predicted molar refractivity (Wildman–Crippen MR) is 69.8 cm³/mol. The van der Waals surface area contributed by atoms with E-state index in [0.717, 1.165) is 16.9 Å². The summed E-state index contributed by atoms with van der Waals surface area (Å²) in [6, 6.07) is 8.05. The van der Waals surface area contributed by atoms with Crippen molar-refractivity contribution in [1.29, 1.82) is 0 Å². The van der Waals surface area contributed by atoms with E-state index in [1.165, 1.54) is 4.90 Å². The molecule has 3 heterocycles. The van der Waals surface area contributed by atoms with E-state index >= 15 is 0 Å². The van der Waals surface area contributed by atoms with Gasteiger partial charge in [-0.1, -0.05) is 23.9 Å². The minimum absolute atomic E-state index is 0.0242. The molecule has 1 aromatic heterocycles. The molecule has 0 N–H and O–H groups in total. The molecular formula is C13H11N3OS. The van der Waals surface area contributed by atoms with Gasteiger partial charge in [-0.05, 0) is 19.1 Å². The van der Waals surface area contributed by atoms with Crippen LogP contribution in [0.3, 0.4) is 0 Å². The van der Waals surface area contributed by atoms with Crippen molar-refractivity contribution >= 4 is 23.4 Å². The smallest absolute Gasteiger partial charge is 0.280 e. The van der Waals surface area contributed by atoms with E-state index in [9.17, 15) is 4.79 Å². The quantitative estimate of drug-likeness (QED) is 0.727. The van der Waals surface area contributed by atoms with Gasteiger partial charge in [-0.15, -0.1) is 0 Å². The molecule has 0 fully saturated rings. The summed E-state index contributed by atoms with van der Waals surface area (Å²) >= 11 is 1.73. The number of anilines is 1. The van der Waals surface area contributed by atoms with Crippen molar-refractivity contribution in [1.82, 2.24) is 9.78 Å². The van der Waals surface area contributed by atoms with Crippen LogP contribution >= 0.6 is 11.8 Å². The highest BCUT2D eigenvalue weighted by Crippen LogP contribution is 2.56. The normalized spacial score (nSPS) is 20.0. The Morgan fingerprint density at radius 3 is 2.94 bits per heavy atom. The van der Waals surface area contributed by atoms with Crippen LogP contribution in [-0.4, -0.2) is 15.7 Å². The molecule has 0 radical (unpaired) electrons. The number of aromatic nitrogens is 2. The summed E-state index contributed by atoms with van der Waals surface area (Å²) in [5, 5.41) is 4.41. The van der Waals surface area contributed by atoms with Crippen LogP contribution in [0.2, 0.25) is 0 Å². The van der Waals surface area contributed by atoms with Gasteiger partial charge in [0.2, 0.25) is 0 Å². The zero-order chi connectivity index (χ0) is 12.4. The van der Waals surface area contributed by atoms with Crippen LogP contribution in [-0.2, 0) is 7.05 Å². The third-order valence-electron chi connectivity index (χ3n) is 3.65. The molecule has 2 aliphatic heterocycles. The molecule has 1 aromatic carbocycles. The van der Waals surface area contributed by atoms with Crippen molar-refractivity contribution in [3.63, 3.8) is 0 Å². The van der Waals surface area contributed by atoms with Gasteiger partial charge in [0, 0.05) is 23.2 Å². The molecule has 2 aliphatic rings. The average Bonchev–Trinajstić information content (AvgIpc) is 2.95. The Labute approximate surface area is 109 Å². The van der Waals surface area contributed by atoms with Crippen LogP contribution in [0.4, 0.5) is 5.69 Å². The lowest BCUT2D eigenvalue weighted by molar-refractivity contribution is 0.0991. The largest absolute Gasteiger partial charge is 0.289 e. The van der Waals surface area contributed by atoms with E-state index in [2.05, 4.69) is 11.2 Å². The number of para-hydroxylation sites is 1. The predicted octanol–water partition coefficient (Wildman–Crippen LogP) is 2.49. The van der Waals surface area contributed by atoms with Gasteiger partial charge in [0.25, 0.3) is 5.91 Å². The van der Waals surface area contributed by atoms with E-state index in [0.29, 0.717) is 5.69 Å². The fourth-order valence-corrected chi connectivity index (χ4v) is 4.05. The SMILES string of the molecule is Cc1c2c(nn1C)C(=O)N1c3ccccc3SC21. The van der Waals surface area contributed by atoms with Crippen LogP contribution in [0, 0.1) is 6.92 Å². The molecule has 5 heteroatoms. The number of hydrogen-bond donors (Lipinski definition) is 0. The minimum Gasteiger partial charge on any atom is -0.289 e. The van der Waals surface area contributed by atoms with Crippen molar-refractivity contribution in [3.8, 4) is 0 Å². The van der Waals surface area contributed by atoms with Crippen molar-refractivity contribution < 1.29 is 4.79 Å².